The van der Waals surface area contributed by atoms with E-state index in [4.69, 9.17) is 4.74 Å². The van der Waals surface area contributed by atoms with Crippen molar-refractivity contribution in [3.8, 4) is 5.75 Å². The average molecular weight is 263 g/mol. The van der Waals surface area contributed by atoms with Crippen LogP contribution in [0.2, 0.25) is 0 Å². The summed E-state index contributed by atoms with van der Waals surface area (Å²) in [4.78, 5) is 1.40. The van der Waals surface area contributed by atoms with Crippen molar-refractivity contribution >= 4 is 11.8 Å². The average Bonchev–Trinajstić information content (AvgIpc) is 2.82. The molecular weight excluding hydrogens is 242 g/mol. The van der Waals surface area contributed by atoms with E-state index in [1.807, 2.05) is 11.8 Å². The molecule has 1 aromatic rings. The maximum Gasteiger partial charge on any atom is 0.132 e. The van der Waals surface area contributed by atoms with Gasteiger partial charge in [-0.1, -0.05) is 0 Å². The second-order valence-electron chi connectivity index (χ2n) is 5.53. The van der Waals surface area contributed by atoms with E-state index in [0.717, 1.165) is 18.8 Å². The molecule has 0 bridgehead atoms. The van der Waals surface area contributed by atoms with Crippen LogP contribution in [0, 0.1) is 13.8 Å². The van der Waals surface area contributed by atoms with E-state index in [1.165, 1.54) is 34.6 Å². The van der Waals surface area contributed by atoms with Crippen molar-refractivity contribution < 1.29 is 4.74 Å². The Morgan fingerprint density at radius 3 is 2.83 bits per heavy atom. The summed E-state index contributed by atoms with van der Waals surface area (Å²) >= 11 is 1.97. The molecule has 2 aliphatic rings. The first kappa shape index (κ1) is 12.4. The third-order valence-electron chi connectivity index (χ3n) is 4.59. The van der Waals surface area contributed by atoms with E-state index in [9.17, 15) is 0 Å². The predicted molar refractivity (Wildman–Crippen MR) is 77.0 cm³/mol. The summed E-state index contributed by atoms with van der Waals surface area (Å²) in [6.45, 7) is 6.76. The molecule has 1 aromatic carbocycles. The van der Waals surface area contributed by atoms with Gasteiger partial charge in [0.25, 0.3) is 0 Å². The van der Waals surface area contributed by atoms with Gasteiger partial charge in [0.1, 0.15) is 5.75 Å². The molecule has 2 nitrogen and oxygen atoms in total. The van der Waals surface area contributed by atoms with E-state index in [1.54, 1.807) is 12.7 Å². The summed E-state index contributed by atoms with van der Waals surface area (Å²) in [5, 5.41) is 3.56. The quantitative estimate of drug-likeness (QED) is 0.841. The smallest absolute Gasteiger partial charge is 0.132 e. The van der Waals surface area contributed by atoms with Crippen molar-refractivity contribution in [2.24, 2.45) is 0 Å². The molecule has 0 amide bonds. The Morgan fingerprint density at radius 2 is 2.17 bits per heavy atom. The standard InChI is InChI=1S/C15H21NOS/c1-10-8-12(17-3)14-13(11(10)2)15(5-7-18-14)4-6-16-9-15/h8,16H,4-7,9H2,1-3H3. The number of methoxy groups -OCH3 is 1. The molecule has 1 saturated heterocycles. The van der Waals surface area contributed by atoms with Crippen molar-refractivity contribution in [1.29, 1.82) is 0 Å². The summed E-state index contributed by atoms with van der Waals surface area (Å²) < 4.78 is 5.61. The fourth-order valence-electron chi connectivity index (χ4n) is 3.44. The molecule has 2 aliphatic heterocycles. The van der Waals surface area contributed by atoms with Gasteiger partial charge in [0.05, 0.1) is 12.0 Å². The van der Waals surface area contributed by atoms with Crippen LogP contribution in [0.15, 0.2) is 11.0 Å². The first-order valence-corrected chi connectivity index (χ1v) is 7.69. The predicted octanol–water partition coefficient (Wildman–Crippen LogP) is 3.04. The van der Waals surface area contributed by atoms with Crippen molar-refractivity contribution in [3.63, 3.8) is 0 Å². The lowest BCUT2D eigenvalue weighted by Gasteiger charge is -2.37. The number of nitrogens with one attached hydrogen (secondary N) is 1. The minimum atomic E-state index is 0.365. The topological polar surface area (TPSA) is 21.3 Å². The molecule has 2 heterocycles. The highest BCUT2D eigenvalue weighted by molar-refractivity contribution is 7.99. The number of hydrogen-bond donors (Lipinski definition) is 1. The van der Waals surface area contributed by atoms with Gasteiger partial charge in [-0.2, -0.15) is 0 Å². The first-order chi connectivity index (χ1) is 8.68. The largest absolute Gasteiger partial charge is 0.496 e. The number of hydrogen-bond acceptors (Lipinski definition) is 3. The summed E-state index contributed by atoms with van der Waals surface area (Å²) in [5.74, 6) is 2.29. The lowest BCUT2D eigenvalue weighted by molar-refractivity contribution is 0.388. The summed E-state index contributed by atoms with van der Waals surface area (Å²) in [6.07, 6.45) is 2.57. The molecule has 98 valence electrons. The number of ether oxygens (including phenoxy) is 1. The molecular formula is C15H21NOS. The van der Waals surface area contributed by atoms with Crippen LogP contribution in [-0.2, 0) is 5.41 Å². The van der Waals surface area contributed by atoms with Gasteiger partial charge >= 0.3 is 0 Å². The van der Waals surface area contributed by atoms with Gasteiger partial charge < -0.3 is 10.1 Å². The molecule has 0 radical (unpaired) electrons. The van der Waals surface area contributed by atoms with Crippen molar-refractivity contribution in [2.45, 2.75) is 37.0 Å². The number of aryl methyl sites for hydroxylation is 1. The first-order valence-electron chi connectivity index (χ1n) is 6.70. The Hall–Kier alpha value is -0.670. The number of fused-ring (bicyclic) bond motifs is 2. The van der Waals surface area contributed by atoms with E-state index < -0.39 is 0 Å². The van der Waals surface area contributed by atoms with Gasteiger partial charge in [0.15, 0.2) is 0 Å². The van der Waals surface area contributed by atoms with Crippen LogP contribution in [0.5, 0.6) is 5.75 Å². The van der Waals surface area contributed by atoms with Gasteiger partial charge in [-0.15, -0.1) is 11.8 Å². The Bertz CT molecular complexity index is 478. The zero-order valence-electron chi connectivity index (χ0n) is 11.4. The minimum absolute atomic E-state index is 0.365. The molecule has 1 spiro atoms. The molecule has 1 atom stereocenters. The third-order valence-corrected chi connectivity index (χ3v) is 5.69. The monoisotopic (exact) mass is 263 g/mol. The zero-order chi connectivity index (χ0) is 12.8. The summed E-state index contributed by atoms with van der Waals surface area (Å²) in [5.41, 5.74) is 4.77. The Kier molecular flexibility index (Phi) is 3.07. The Labute approximate surface area is 113 Å². The molecule has 0 aliphatic carbocycles. The van der Waals surface area contributed by atoms with Gasteiger partial charge in [-0.3, -0.25) is 0 Å². The van der Waals surface area contributed by atoms with Gasteiger partial charge in [0.2, 0.25) is 0 Å². The fourth-order valence-corrected chi connectivity index (χ4v) is 4.93. The maximum absolute atomic E-state index is 5.61. The van der Waals surface area contributed by atoms with E-state index in [-0.39, 0.29) is 0 Å². The lowest BCUT2D eigenvalue weighted by atomic mass is 9.74. The molecule has 1 fully saturated rings. The maximum atomic E-state index is 5.61. The molecule has 0 saturated carbocycles. The van der Waals surface area contributed by atoms with E-state index in [2.05, 4.69) is 25.2 Å². The van der Waals surface area contributed by atoms with Gasteiger partial charge in [0, 0.05) is 12.0 Å². The molecule has 3 heteroatoms. The zero-order valence-corrected chi connectivity index (χ0v) is 12.2. The number of rotatable bonds is 1. The molecule has 1 N–H and O–H groups in total. The second-order valence-corrected chi connectivity index (χ2v) is 6.64. The lowest BCUT2D eigenvalue weighted by Crippen LogP contribution is -2.34. The Morgan fingerprint density at radius 1 is 1.33 bits per heavy atom. The van der Waals surface area contributed by atoms with Crippen LogP contribution in [0.1, 0.15) is 29.5 Å². The number of benzene rings is 1. The Balaban J connectivity index is 2.24. The SMILES string of the molecule is COc1cc(C)c(C)c2c1SCCC21CCNC1. The van der Waals surface area contributed by atoms with Gasteiger partial charge in [-0.05, 0) is 61.7 Å². The van der Waals surface area contributed by atoms with Crippen LogP contribution in [0.25, 0.3) is 0 Å². The summed E-state index contributed by atoms with van der Waals surface area (Å²) in [6, 6.07) is 2.20. The highest BCUT2D eigenvalue weighted by Gasteiger charge is 2.41. The third kappa shape index (κ3) is 1.68. The second kappa shape index (κ2) is 4.46. The van der Waals surface area contributed by atoms with Crippen molar-refractivity contribution in [3.05, 3.63) is 22.8 Å². The van der Waals surface area contributed by atoms with Crippen LogP contribution < -0.4 is 10.1 Å². The van der Waals surface area contributed by atoms with Gasteiger partial charge in [-0.25, -0.2) is 0 Å². The fraction of sp³-hybridized carbons (Fsp3) is 0.600. The highest BCUT2D eigenvalue weighted by atomic mass is 32.2. The number of thioether (sulfide) groups is 1. The highest BCUT2D eigenvalue weighted by Crippen LogP contribution is 2.50. The summed E-state index contributed by atoms with van der Waals surface area (Å²) in [7, 11) is 1.79. The van der Waals surface area contributed by atoms with Crippen LogP contribution in [-0.4, -0.2) is 26.0 Å². The van der Waals surface area contributed by atoms with Crippen LogP contribution in [0.3, 0.4) is 0 Å². The normalized spacial score (nSPS) is 26.4. The van der Waals surface area contributed by atoms with Crippen LogP contribution >= 0.6 is 11.8 Å². The van der Waals surface area contributed by atoms with Crippen LogP contribution in [0.4, 0.5) is 0 Å². The van der Waals surface area contributed by atoms with Crippen molar-refractivity contribution in [1.82, 2.24) is 5.32 Å². The molecule has 3 rings (SSSR count). The minimum Gasteiger partial charge on any atom is -0.496 e. The van der Waals surface area contributed by atoms with E-state index >= 15 is 0 Å². The molecule has 18 heavy (non-hydrogen) atoms. The van der Waals surface area contributed by atoms with E-state index in [0.29, 0.717) is 5.41 Å². The molecule has 1 unspecified atom stereocenters. The molecule has 0 aromatic heterocycles. The van der Waals surface area contributed by atoms with Crippen molar-refractivity contribution in [2.75, 3.05) is 26.0 Å².